The Kier molecular flexibility index (Phi) is 11.9. The summed E-state index contributed by atoms with van der Waals surface area (Å²) in [6.07, 6.45) is 18.1. The first-order chi connectivity index (χ1) is 25.6. The number of unbranched alkanes of at least 4 members (excludes halogenated alkanes) is 2. The van der Waals surface area contributed by atoms with Crippen LogP contribution in [-0.2, 0) is 12.8 Å². The molecule has 0 atom stereocenters. The van der Waals surface area contributed by atoms with Crippen LogP contribution in [-0.4, -0.2) is 69.2 Å². The first kappa shape index (κ1) is 35.4. The minimum Gasteiger partial charge on any atom is -0.508 e. The van der Waals surface area contributed by atoms with E-state index in [-0.39, 0.29) is 0 Å². The van der Waals surface area contributed by atoms with Crippen LogP contribution in [0.15, 0.2) is 122 Å². The highest BCUT2D eigenvalue weighted by molar-refractivity contribution is 5.85. The lowest BCUT2D eigenvalue weighted by Gasteiger charge is -2.26. The van der Waals surface area contributed by atoms with Crippen LogP contribution in [0, 0.1) is 0 Å². The monoisotopic (exact) mass is 692 g/mol. The molecule has 0 unspecified atom stereocenters. The van der Waals surface area contributed by atoms with Crippen LogP contribution in [0.4, 0.5) is 0 Å². The zero-order valence-electron chi connectivity index (χ0n) is 30.2. The third-order valence-corrected chi connectivity index (χ3v) is 10.7. The summed E-state index contributed by atoms with van der Waals surface area (Å²) in [5.41, 5.74) is 10.5. The molecule has 4 N–H and O–H groups in total. The summed E-state index contributed by atoms with van der Waals surface area (Å²) in [7, 11) is 0. The van der Waals surface area contributed by atoms with Crippen LogP contribution in [0.2, 0.25) is 0 Å². The number of aromatic nitrogens is 2. The second-order valence-electron chi connectivity index (χ2n) is 14.3. The number of fused-ring (bicyclic) bond motifs is 2. The summed E-state index contributed by atoms with van der Waals surface area (Å²) < 4.78 is 0. The third kappa shape index (κ3) is 9.24. The molecule has 0 amide bonds. The normalized spacial score (nSPS) is 15.3. The van der Waals surface area contributed by atoms with Gasteiger partial charge in [0.1, 0.15) is 11.5 Å². The minimum atomic E-state index is 0.340. The van der Waals surface area contributed by atoms with Crippen molar-refractivity contribution < 1.29 is 10.2 Å². The molecule has 6 nitrogen and oxygen atoms in total. The second-order valence-corrected chi connectivity index (χ2v) is 14.3. The number of phenolic OH excluding ortho intramolecular Hbond substituents is 2. The van der Waals surface area contributed by atoms with E-state index in [1.807, 2.05) is 24.3 Å². The van der Waals surface area contributed by atoms with Crippen LogP contribution in [0.3, 0.4) is 0 Å². The first-order valence-electron chi connectivity index (χ1n) is 19.1. The number of nitrogens with zero attached hydrogens (tertiary/aromatic N) is 2. The molecule has 2 aliphatic heterocycles. The van der Waals surface area contributed by atoms with Crippen LogP contribution in [0.25, 0.3) is 33.0 Å². The van der Waals surface area contributed by atoms with Gasteiger partial charge in [0.15, 0.2) is 0 Å². The summed E-state index contributed by atoms with van der Waals surface area (Å²) >= 11 is 0. The van der Waals surface area contributed by atoms with Crippen molar-refractivity contribution in [2.75, 3.05) is 39.3 Å². The van der Waals surface area contributed by atoms with Gasteiger partial charge in [-0.2, -0.15) is 0 Å². The number of aromatic amines is 2. The van der Waals surface area contributed by atoms with Crippen molar-refractivity contribution in [2.24, 2.45) is 0 Å². The number of nitrogens with one attached hydrogen (secondary N) is 2. The number of aromatic hydroxyl groups is 2. The van der Waals surface area contributed by atoms with Gasteiger partial charge in [0.25, 0.3) is 0 Å². The molecule has 0 saturated carbocycles. The molecule has 0 spiro atoms. The maximum atomic E-state index is 9.69. The quantitative estimate of drug-likeness (QED) is 0.0963. The van der Waals surface area contributed by atoms with E-state index in [0.717, 1.165) is 86.8 Å². The van der Waals surface area contributed by atoms with Crippen LogP contribution in [0.5, 0.6) is 11.5 Å². The van der Waals surface area contributed by atoms with Crippen molar-refractivity contribution >= 4 is 33.0 Å². The summed E-state index contributed by atoms with van der Waals surface area (Å²) in [4.78, 5) is 11.7. The Morgan fingerprint density at radius 2 is 0.962 bits per heavy atom. The number of H-pyrrole nitrogens is 2. The van der Waals surface area contributed by atoms with Crippen LogP contribution in [0.1, 0.15) is 60.8 Å². The van der Waals surface area contributed by atoms with Gasteiger partial charge in [-0.3, -0.25) is 9.80 Å². The summed E-state index contributed by atoms with van der Waals surface area (Å²) in [6, 6.07) is 32.5. The maximum absolute atomic E-state index is 9.69. The van der Waals surface area contributed by atoms with Crippen molar-refractivity contribution in [1.29, 1.82) is 0 Å². The molecule has 0 fully saturated rings. The Balaban J connectivity index is 0.000000162. The molecule has 4 heterocycles. The zero-order chi connectivity index (χ0) is 35.5. The molecule has 0 aliphatic carbocycles. The molecule has 2 aliphatic rings. The van der Waals surface area contributed by atoms with Gasteiger partial charge in [-0.1, -0.05) is 72.8 Å². The molecular weight excluding hydrogens is 641 g/mol. The van der Waals surface area contributed by atoms with Gasteiger partial charge in [0.2, 0.25) is 0 Å². The molecule has 0 bridgehead atoms. The average molecular weight is 693 g/mol. The Labute approximate surface area is 308 Å². The largest absolute Gasteiger partial charge is 0.508 e. The van der Waals surface area contributed by atoms with Crippen molar-refractivity contribution in [2.45, 2.75) is 51.4 Å². The summed E-state index contributed by atoms with van der Waals surface area (Å²) in [6.45, 7) is 6.75. The van der Waals surface area contributed by atoms with E-state index in [1.165, 1.54) is 59.1 Å². The van der Waals surface area contributed by atoms with Crippen molar-refractivity contribution in [1.82, 2.24) is 19.8 Å². The van der Waals surface area contributed by atoms with E-state index >= 15 is 0 Å². The van der Waals surface area contributed by atoms with Gasteiger partial charge < -0.3 is 20.2 Å². The van der Waals surface area contributed by atoms with Crippen molar-refractivity contribution in [3.05, 3.63) is 144 Å². The highest BCUT2D eigenvalue weighted by Crippen LogP contribution is 2.27. The predicted molar refractivity (Wildman–Crippen MR) is 217 cm³/mol. The van der Waals surface area contributed by atoms with E-state index in [9.17, 15) is 10.2 Å². The van der Waals surface area contributed by atoms with Gasteiger partial charge in [-0.25, -0.2) is 0 Å². The summed E-state index contributed by atoms with van der Waals surface area (Å²) in [5.74, 6) is 0.681. The molecule has 52 heavy (non-hydrogen) atoms. The third-order valence-electron chi connectivity index (χ3n) is 10.7. The topological polar surface area (TPSA) is 78.5 Å². The van der Waals surface area contributed by atoms with E-state index < -0.39 is 0 Å². The number of benzene rings is 4. The maximum Gasteiger partial charge on any atom is 0.116 e. The molecule has 2 aromatic heterocycles. The van der Waals surface area contributed by atoms with E-state index in [0.29, 0.717) is 11.5 Å². The van der Waals surface area contributed by atoms with Gasteiger partial charge in [0.05, 0.1) is 0 Å². The lowest BCUT2D eigenvalue weighted by atomic mass is 9.99. The van der Waals surface area contributed by atoms with Crippen LogP contribution < -0.4 is 0 Å². The van der Waals surface area contributed by atoms with Crippen LogP contribution >= 0.6 is 0 Å². The molecular formula is C46H52N4O2. The van der Waals surface area contributed by atoms with E-state index in [4.69, 9.17) is 0 Å². The van der Waals surface area contributed by atoms with Crippen molar-refractivity contribution in [3.8, 4) is 11.5 Å². The molecule has 6 aromatic rings. The van der Waals surface area contributed by atoms with Gasteiger partial charge in [0, 0.05) is 60.4 Å². The molecule has 268 valence electrons. The SMILES string of the molecule is Oc1ccc2[nH]cc(CCCCN3CC=C(c4ccccc4)CC3)c2c1.Oc1ccc2[nH]cc(CCCCN3CC=C(c4ccccc4)CC3)c2c1. The number of hydrogen-bond donors (Lipinski definition) is 4. The number of aryl methyl sites for hydroxylation is 2. The first-order valence-corrected chi connectivity index (χ1v) is 19.1. The number of hydrogen-bond acceptors (Lipinski definition) is 4. The minimum absolute atomic E-state index is 0.340. The average Bonchev–Trinajstić information content (AvgIpc) is 3.79. The van der Waals surface area contributed by atoms with Crippen molar-refractivity contribution in [3.63, 3.8) is 0 Å². The summed E-state index contributed by atoms with van der Waals surface area (Å²) in [5, 5.41) is 21.7. The molecule has 8 rings (SSSR count). The van der Waals surface area contributed by atoms with E-state index in [2.05, 4.69) is 105 Å². The smallest absolute Gasteiger partial charge is 0.116 e. The highest BCUT2D eigenvalue weighted by Gasteiger charge is 2.14. The lowest BCUT2D eigenvalue weighted by molar-refractivity contribution is 0.295. The Morgan fingerprint density at radius 3 is 1.37 bits per heavy atom. The fourth-order valence-electron chi connectivity index (χ4n) is 7.71. The molecule has 4 aromatic carbocycles. The fourth-order valence-corrected chi connectivity index (χ4v) is 7.71. The lowest BCUT2D eigenvalue weighted by Crippen LogP contribution is -2.29. The number of phenols is 2. The Hall–Kier alpha value is -5.04. The highest BCUT2D eigenvalue weighted by atomic mass is 16.3. The Morgan fingerprint density at radius 1 is 0.519 bits per heavy atom. The molecule has 6 heteroatoms. The molecule has 0 saturated heterocycles. The number of rotatable bonds is 12. The Bertz CT molecular complexity index is 1940. The van der Waals surface area contributed by atoms with Gasteiger partial charge in [-0.05, 0) is 134 Å². The van der Waals surface area contributed by atoms with Gasteiger partial charge >= 0.3 is 0 Å². The van der Waals surface area contributed by atoms with E-state index in [1.54, 1.807) is 12.1 Å². The van der Waals surface area contributed by atoms with Gasteiger partial charge in [-0.15, -0.1) is 0 Å². The molecule has 0 radical (unpaired) electrons. The second kappa shape index (κ2) is 17.5. The fraction of sp³-hybridized carbons (Fsp3) is 0.304. The predicted octanol–water partition coefficient (Wildman–Crippen LogP) is 9.97. The zero-order valence-corrected chi connectivity index (χ0v) is 30.2. The standard InChI is InChI=1S/2C23H26N2O/c2*26-21-9-10-23-22(16-21)20(17-24-23)8-4-5-13-25-14-11-19(12-15-25)18-6-2-1-3-7-18/h2*1-3,6-7,9-11,16-17,24,26H,4-5,8,12-15H2.